The van der Waals surface area contributed by atoms with Crippen LogP contribution in [0.25, 0.3) is 0 Å². The van der Waals surface area contributed by atoms with Crippen LogP contribution in [0.5, 0.6) is 11.5 Å². The Morgan fingerprint density at radius 3 is 2.64 bits per heavy atom. The molecule has 1 unspecified atom stereocenters. The van der Waals surface area contributed by atoms with Crippen molar-refractivity contribution in [2.24, 2.45) is 11.7 Å². The van der Waals surface area contributed by atoms with E-state index >= 15 is 0 Å². The lowest BCUT2D eigenvalue weighted by atomic mass is 9.97. The maximum absolute atomic E-state index is 12.9. The summed E-state index contributed by atoms with van der Waals surface area (Å²) in [5.74, 6) is -0.595. The molecule has 0 spiro atoms. The Morgan fingerprint density at radius 1 is 1.12 bits per heavy atom. The predicted molar refractivity (Wildman–Crippen MR) is 122 cm³/mol. The first-order valence-electron chi connectivity index (χ1n) is 10.7. The van der Waals surface area contributed by atoms with E-state index in [-0.39, 0.29) is 24.3 Å². The normalized spacial score (nSPS) is 16.0. The van der Waals surface area contributed by atoms with Crippen molar-refractivity contribution in [2.75, 3.05) is 39.2 Å². The van der Waals surface area contributed by atoms with Gasteiger partial charge in [0.15, 0.2) is 18.1 Å². The van der Waals surface area contributed by atoms with Crippen LogP contribution in [0.1, 0.15) is 28.8 Å². The Balaban J connectivity index is 1.70. The van der Waals surface area contributed by atoms with Crippen LogP contribution in [0.2, 0.25) is 0 Å². The largest absolute Gasteiger partial charge is 0.493 e. The molecule has 176 valence electrons. The Labute approximate surface area is 192 Å². The number of primary amides is 1. The van der Waals surface area contributed by atoms with Crippen LogP contribution >= 0.6 is 0 Å². The molecular formula is C24H29N3O6. The zero-order chi connectivity index (χ0) is 23.8. The molecule has 3 N–H and O–H groups in total. The number of carbonyl (C=O) groups excluding carboxylic acids is 3. The number of nitrogens with zero attached hydrogens (tertiary/aromatic N) is 1. The van der Waals surface area contributed by atoms with Crippen LogP contribution < -0.4 is 20.5 Å². The Kier molecular flexibility index (Phi) is 8.26. The number of piperidine rings is 1. The number of amides is 2. The molecule has 33 heavy (non-hydrogen) atoms. The Bertz CT molecular complexity index is 1010. The van der Waals surface area contributed by atoms with Crippen LogP contribution in [-0.2, 0) is 20.9 Å². The number of methoxy groups -OCH3 is 2. The lowest BCUT2D eigenvalue weighted by molar-refractivity contribution is -0.142. The molecule has 9 heteroatoms. The number of para-hydroxylation sites is 1. The second-order valence-corrected chi connectivity index (χ2v) is 7.82. The zero-order valence-electron chi connectivity index (χ0n) is 18.8. The fourth-order valence-corrected chi connectivity index (χ4v) is 3.77. The maximum atomic E-state index is 12.9. The van der Waals surface area contributed by atoms with Gasteiger partial charge in [-0.3, -0.25) is 14.5 Å². The number of nitrogens with one attached hydrogen (secondary N) is 1. The summed E-state index contributed by atoms with van der Waals surface area (Å²) in [4.78, 5) is 38.0. The number of likely N-dealkylation sites (tertiary alicyclic amines) is 1. The molecule has 0 radical (unpaired) electrons. The van der Waals surface area contributed by atoms with Gasteiger partial charge in [0.2, 0.25) is 5.91 Å². The number of hydrogen-bond donors (Lipinski definition) is 2. The minimum atomic E-state index is -0.522. The summed E-state index contributed by atoms with van der Waals surface area (Å²) in [7, 11) is 2.73. The summed E-state index contributed by atoms with van der Waals surface area (Å²) < 4.78 is 15.3. The number of rotatable bonds is 9. The minimum absolute atomic E-state index is 0.145. The summed E-state index contributed by atoms with van der Waals surface area (Å²) >= 11 is 0. The van der Waals surface area contributed by atoms with Crippen molar-refractivity contribution in [1.82, 2.24) is 4.90 Å². The third kappa shape index (κ3) is 6.45. The molecule has 9 nitrogen and oxygen atoms in total. The summed E-state index contributed by atoms with van der Waals surface area (Å²) in [5.41, 5.74) is 7.50. The quantitative estimate of drug-likeness (QED) is 0.556. The first kappa shape index (κ1) is 24.1. The van der Waals surface area contributed by atoms with Crippen LogP contribution in [0, 0.1) is 5.92 Å². The summed E-state index contributed by atoms with van der Waals surface area (Å²) in [6.07, 6.45) is 1.72. The van der Waals surface area contributed by atoms with Crippen molar-refractivity contribution >= 4 is 23.5 Å². The fraction of sp³-hybridized carbons (Fsp3) is 0.375. The molecule has 2 amide bonds. The predicted octanol–water partition coefficient (Wildman–Crippen LogP) is 2.20. The van der Waals surface area contributed by atoms with Gasteiger partial charge < -0.3 is 25.3 Å². The van der Waals surface area contributed by atoms with Gasteiger partial charge in [-0.15, -0.1) is 0 Å². The van der Waals surface area contributed by atoms with Crippen molar-refractivity contribution in [3.05, 3.63) is 53.6 Å². The number of benzene rings is 2. The molecule has 0 aromatic heterocycles. The van der Waals surface area contributed by atoms with E-state index in [0.717, 1.165) is 24.9 Å². The molecule has 2 aromatic rings. The van der Waals surface area contributed by atoms with Crippen molar-refractivity contribution < 1.29 is 28.6 Å². The van der Waals surface area contributed by atoms with Crippen molar-refractivity contribution in [3.63, 3.8) is 0 Å². The van der Waals surface area contributed by atoms with Crippen LogP contribution in [0.3, 0.4) is 0 Å². The van der Waals surface area contributed by atoms with Gasteiger partial charge in [0.25, 0.3) is 5.91 Å². The van der Waals surface area contributed by atoms with Gasteiger partial charge >= 0.3 is 5.97 Å². The third-order valence-corrected chi connectivity index (χ3v) is 5.57. The topological polar surface area (TPSA) is 120 Å². The lowest BCUT2D eigenvalue weighted by Gasteiger charge is -2.31. The second-order valence-electron chi connectivity index (χ2n) is 7.82. The molecule has 1 aliphatic rings. The average molecular weight is 456 g/mol. The molecule has 2 aromatic carbocycles. The Hall–Kier alpha value is -3.59. The molecular weight excluding hydrogens is 426 g/mol. The fourth-order valence-electron chi connectivity index (χ4n) is 3.77. The maximum Gasteiger partial charge on any atom is 0.343 e. The molecule has 0 saturated carbocycles. The van der Waals surface area contributed by atoms with Gasteiger partial charge in [-0.25, -0.2) is 4.79 Å². The summed E-state index contributed by atoms with van der Waals surface area (Å²) in [6.45, 7) is 1.82. The smallest absolute Gasteiger partial charge is 0.343 e. The molecule has 0 aliphatic carbocycles. The monoisotopic (exact) mass is 455 g/mol. The van der Waals surface area contributed by atoms with E-state index < -0.39 is 5.97 Å². The Morgan fingerprint density at radius 2 is 1.91 bits per heavy atom. The number of anilines is 1. The molecule has 1 aliphatic heterocycles. The number of esters is 1. The van der Waals surface area contributed by atoms with E-state index in [4.69, 9.17) is 15.2 Å². The molecule has 1 atom stereocenters. The molecule has 1 fully saturated rings. The second kappa shape index (κ2) is 11.3. The van der Waals surface area contributed by atoms with Crippen LogP contribution in [0.4, 0.5) is 5.69 Å². The highest BCUT2D eigenvalue weighted by molar-refractivity contribution is 6.05. The van der Waals surface area contributed by atoms with Crippen LogP contribution in [0.15, 0.2) is 42.5 Å². The van der Waals surface area contributed by atoms with Crippen molar-refractivity contribution in [2.45, 2.75) is 19.4 Å². The van der Waals surface area contributed by atoms with E-state index in [0.29, 0.717) is 35.8 Å². The highest BCUT2D eigenvalue weighted by atomic mass is 16.6. The highest BCUT2D eigenvalue weighted by Gasteiger charge is 2.24. The van der Waals surface area contributed by atoms with E-state index in [9.17, 15) is 14.4 Å². The number of ether oxygens (including phenoxy) is 3. The van der Waals surface area contributed by atoms with E-state index in [2.05, 4.69) is 15.0 Å². The summed E-state index contributed by atoms with van der Waals surface area (Å²) in [6, 6.07) is 12.3. The molecule has 1 heterocycles. The van der Waals surface area contributed by atoms with Gasteiger partial charge in [-0.05, 0) is 49.2 Å². The summed E-state index contributed by atoms with van der Waals surface area (Å²) in [5, 5.41) is 2.95. The molecule has 3 rings (SSSR count). The standard InChI is InChI=1S/C24H29N3O6/c1-31-21-12-16(9-10-20(21)33-15-22(28)32-2)24(30)26-19-8-4-3-6-17(19)13-27-11-5-7-18(14-27)23(25)29/h3-4,6,8-10,12,18H,5,7,11,13-15H2,1-2H3,(H2,25,29)(H,26,30). The van der Waals surface area contributed by atoms with Gasteiger partial charge in [-0.2, -0.15) is 0 Å². The minimum Gasteiger partial charge on any atom is -0.493 e. The van der Waals surface area contributed by atoms with E-state index in [1.54, 1.807) is 18.2 Å². The molecule has 0 bridgehead atoms. The lowest BCUT2D eigenvalue weighted by Crippen LogP contribution is -2.40. The highest BCUT2D eigenvalue weighted by Crippen LogP contribution is 2.29. The number of nitrogens with two attached hydrogens (primary N) is 1. The van der Waals surface area contributed by atoms with Crippen molar-refractivity contribution in [3.8, 4) is 11.5 Å². The van der Waals surface area contributed by atoms with Gasteiger partial charge in [0, 0.05) is 24.3 Å². The average Bonchev–Trinajstić information content (AvgIpc) is 2.83. The zero-order valence-corrected chi connectivity index (χ0v) is 18.8. The third-order valence-electron chi connectivity index (χ3n) is 5.57. The van der Waals surface area contributed by atoms with Gasteiger partial charge in [0.1, 0.15) is 0 Å². The van der Waals surface area contributed by atoms with Crippen molar-refractivity contribution in [1.29, 1.82) is 0 Å². The van der Waals surface area contributed by atoms with Crippen LogP contribution in [-0.4, -0.2) is 56.6 Å². The first-order valence-corrected chi connectivity index (χ1v) is 10.7. The van der Waals surface area contributed by atoms with Gasteiger partial charge in [-0.1, -0.05) is 18.2 Å². The SMILES string of the molecule is COC(=O)COc1ccc(C(=O)Nc2ccccc2CN2CCCC(C(N)=O)C2)cc1OC. The number of hydrogen-bond acceptors (Lipinski definition) is 7. The van der Waals surface area contributed by atoms with Gasteiger partial charge in [0.05, 0.1) is 20.1 Å². The molecule has 1 saturated heterocycles. The van der Waals surface area contributed by atoms with E-state index in [1.807, 2.05) is 24.3 Å². The number of carbonyl (C=O) groups is 3. The first-order chi connectivity index (χ1) is 15.9. The van der Waals surface area contributed by atoms with E-state index in [1.165, 1.54) is 14.2 Å².